The number of hydrogen-bond donors (Lipinski definition) is 1. The molecule has 0 radical (unpaired) electrons. The minimum atomic E-state index is -1.80. The van der Waals surface area contributed by atoms with Gasteiger partial charge in [0.2, 0.25) is 11.6 Å². The molecule has 5 heteroatoms. The first kappa shape index (κ1) is 18.7. The van der Waals surface area contributed by atoms with E-state index in [1.54, 1.807) is 6.08 Å². The van der Waals surface area contributed by atoms with E-state index < -0.39 is 29.3 Å². The summed E-state index contributed by atoms with van der Waals surface area (Å²) in [4.78, 5) is 36.4. The molecule has 0 spiro atoms. The van der Waals surface area contributed by atoms with Gasteiger partial charge in [-0.05, 0) is 66.9 Å². The highest BCUT2D eigenvalue weighted by Crippen LogP contribution is 2.68. The maximum absolute atomic E-state index is 13.3. The second-order valence-corrected chi connectivity index (χ2v) is 9.50. The number of halogens is 1. The van der Waals surface area contributed by atoms with Crippen LogP contribution in [-0.2, 0) is 14.4 Å². The second-order valence-electron chi connectivity index (χ2n) is 9.50. The summed E-state index contributed by atoms with van der Waals surface area (Å²) < 4.78 is 13.3. The predicted molar refractivity (Wildman–Crippen MR) is 97.6 cm³/mol. The van der Waals surface area contributed by atoms with E-state index in [9.17, 15) is 23.9 Å². The lowest BCUT2D eigenvalue weighted by Crippen LogP contribution is -2.58. The Bertz CT molecular complexity index is 798. The number of carbonyl (C=O) groups is 3. The molecular formula is C22H27FO4. The third-order valence-electron chi connectivity index (χ3n) is 8.56. The van der Waals surface area contributed by atoms with Gasteiger partial charge in [-0.25, -0.2) is 4.39 Å². The number of ketones is 3. The highest BCUT2D eigenvalue weighted by molar-refractivity contribution is 6.42. The van der Waals surface area contributed by atoms with E-state index in [0.29, 0.717) is 18.4 Å². The lowest BCUT2D eigenvalue weighted by Gasteiger charge is -2.58. The number of alkyl halides is 1. The molecule has 27 heavy (non-hydrogen) atoms. The lowest BCUT2D eigenvalue weighted by molar-refractivity contribution is -0.158. The van der Waals surface area contributed by atoms with E-state index >= 15 is 0 Å². The van der Waals surface area contributed by atoms with Gasteiger partial charge in [0.1, 0.15) is 0 Å². The Kier molecular flexibility index (Phi) is 3.95. The quantitative estimate of drug-likeness (QED) is 0.595. The molecule has 3 saturated carbocycles. The zero-order valence-corrected chi connectivity index (χ0v) is 16.0. The van der Waals surface area contributed by atoms with Crippen LogP contribution in [0.2, 0.25) is 0 Å². The van der Waals surface area contributed by atoms with Crippen molar-refractivity contribution < 1.29 is 23.9 Å². The fraction of sp³-hybridized carbons (Fsp3) is 0.682. The van der Waals surface area contributed by atoms with Gasteiger partial charge in [-0.2, -0.15) is 0 Å². The van der Waals surface area contributed by atoms with Gasteiger partial charge < -0.3 is 5.11 Å². The fourth-order valence-electron chi connectivity index (χ4n) is 7.04. The van der Waals surface area contributed by atoms with E-state index in [4.69, 9.17) is 0 Å². The van der Waals surface area contributed by atoms with Crippen LogP contribution in [0.15, 0.2) is 23.8 Å². The van der Waals surface area contributed by atoms with Crippen LogP contribution in [0.1, 0.15) is 52.4 Å². The van der Waals surface area contributed by atoms with Crippen molar-refractivity contribution in [2.24, 2.45) is 28.6 Å². The molecule has 0 aromatic heterocycles. The number of hydrogen-bond acceptors (Lipinski definition) is 4. The van der Waals surface area contributed by atoms with Gasteiger partial charge in [0.15, 0.2) is 18.1 Å². The summed E-state index contributed by atoms with van der Waals surface area (Å²) in [5, 5.41) is 11.2. The molecule has 0 aromatic carbocycles. The second kappa shape index (κ2) is 5.69. The molecule has 4 rings (SSSR count). The Morgan fingerprint density at radius 3 is 2.67 bits per heavy atom. The molecule has 0 amide bonds. The highest BCUT2D eigenvalue weighted by Gasteiger charge is 2.67. The van der Waals surface area contributed by atoms with Crippen LogP contribution < -0.4 is 0 Å². The summed E-state index contributed by atoms with van der Waals surface area (Å²) in [7, 11) is 0. The number of fused-ring (bicyclic) bond motifs is 5. The van der Waals surface area contributed by atoms with Gasteiger partial charge in [0.25, 0.3) is 0 Å². The normalized spacial score (nSPS) is 46.4. The van der Waals surface area contributed by atoms with Gasteiger partial charge in [0.05, 0.1) is 0 Å². The summed E-state index contributed by atoms with van der Waals surface area (Å²) in [6.07, 6.45) is 5.27. The van der Waals surface area contributed by atoms with Crippen molar-refractivity contribution in [3.63, 3.8) is 0 Å². The molecule has 0 aliphatic heterocycles. The Balaban J connectivity index is 1.74. The molecule has 0 aromatic rings. The monoisotopic (exact) mass is 374 g/mol. The molecule has 4 nitrogen and oxygen atoms in total. The first-order chi connectivity index (χ1) is 12.6. The average molecular weight is 374 g/mol. The SMILES string of the molecule is C=C1C[C@H]2[C@@H]3CCC4=CC(=O)C(=O)C[C@]4(C)[C@H]3CC[C@]2(C)[C@@]1(O)C(=O)CF. The molecule has 0 unspecified atom stereocenters. The molecule has 1 N–H and O–H groups in total. The highest BCUT2D eigenvalue weighted by atomic mass is 19.1. The van der Waals surface area contributed by atoms with Crippen LogP contribution in [0.3, 0.4) is 0 Å². The third-order valence-corrected chi connectivity index (χ3v) is 8.56. The van der Waals surface area contributed by atoms with Gasteiger partial charge in [-0.3, -0.25) is 14.4 Å². The molecule has 0 bridgehead atoms. The zero-order valence-electron chi connectivity index (χ0n) is 16.0. The molecule has 0 saturated heterocycles. The topological polar surface area (TPSA) is 71.4 Å². The van der Waals surface area contributed by atoms with Crippen molar-refractivity contribution in [3.05, 3.63) is 23.8 Å². The molecule has 4 aliphatic rings. The van der Waals surface area contributed by atoms with Crippen molar-refractivity contribution in [2.75, 3.05) is 6.67 Å². The minimum absolute atomic E-state index is 0.0374. The minimum Gasteiger partial charge on any atom is -0.377 e. The van der Waals surface area contributed by atoms with Crippen LogP contribution in [0.25, 0.3) is 0 Å². The molecule has 146 valence electrons. The van der Waals surface area contributed by atoms with Crippen molar-refractivity contribution in [1.82, 2.24) is 0 Å². The van der Waals surface area contributed by atoms with Crippen molar-refractivity contribution >= 4 is 17.3 Å². The number of aliphatic hydroxyl groups is 1. The first-order valence-electron chi connectivity index (χ1n) is 9.87. The molecule has 0 heterocycles. The smallest absolute Gasteiger partial charge is 0.221 e. The summed E-state index contributed by atoms with van der Waals surface area (Å²) in [5.41, 5.74) is -1.35. The van der Waals surface area contributed by atoms with Crippen molar-refractivity contribution in [1.29, 1.82) is 0 Å². The van der Waals surface area contributed by atoms with E-state index in [1.165, 1.54) is 0 Å². The van der Waals surface area contributed by atoms with Crippen LogP contribution in [0, 0.1) is 28.6 Å². The fourth-order valence-corrected chi connectivity index (χ4v) is 7.04. The maximum atomic E-state index is 13.3. The Morgan fingerprint density at radius 1 is 1.30 bits per heavy atom. The summed E-state index contributed by atoms with van der Waals surface area (Å²) in [6, 6.07) is 0. The molecule has 4 aliphatic carbocycles. The molecule has 3 fully saturated rings. The average Bonchev–Trinajstić information content (AvgIpc) is 2.83. The van der Waals surface area contributed by atoms with Gasteiger partial charge in [0, 0.05) is 11.8 Å². The Morgan fingerprint density at radius 2 is 2.00 bits per heavy atom. The number of rotatable bonds is 2. The van der Waals surface area contributed by atoms with E-state index in [2.05, 4.69) is 13.5 Å². The third kappa shape index (κ3) is 2.15. The Labute approximate surface area is 158 Å². The molecular weight excluding hydrogens is 347 g/mol. The molecule has 6 atom stereocenters. The maximum Gasteiger partial charge on any atom is 0.221 e. The summed E-state index contributed by atoms with van der Waals surface area (Å²) >= 11 is 0. The summed E-state index contributed by atoms with van der Waals surface area (Å²) in [5.74, 6) is -1.00. The standard InChI is InChI=1S/C22H27FO4/c1-12-8-16-14-5-4-13-9-17(24)18(25)10-20(13,2)15(14)6-7-21(16,3)22(12,27)19(26)11-23/h9,14-16,27H,1,4-8,10-11H2,2-3H3/t14-,15+,16+,20+,21+,22+/m1/s1. The van der Waals surface area contributed by atoms with Gasteiger partial charge >= 0.3 is 0 Å². The van der Waals surface area contributed by atoms with Crippen LogP contribution in [0.5, 0.6) is 0 Å². The lowest BCUT2D eigenvalue weighted by atomic mass is 9.46. The van der Waals surface area contributed by atoms with Crippen LogP contribution in [0.4, 0.5) is 4.39 Å². The Hall–Kier alpha value is -1.62. The first-order valence-corrected chi connectivity index (χ1v) is 9.87. The van der Waals surface area contributed by atoms with Crippen LogP contribution >= 0.6 is 0 Å². The van der Waals surface area contributed by atoms with E-state index in [0.717, 1.165) is 24.8 Å². The number of Topliss-reactive ketones (excluding diaryl/α,β-unsaturated/α-hetero) is 2. The number of allylic oxidation sites excluding steroid dienone is 1. The van der Waals surface area contributed by atoms with Crippen molar-refractivity contribution in [2.45, 2.75) is 58.0 Å². The van der Waals surface area contributed by atoms with Crippen LogP contribution in [-0.4, -0.2) is 34.7 Å². The zero-order chi connectivity index (χ0) is 19.8. The largest absolute Gasteiger partial charge is 0.377 e. The van der Waals surface area contributed by atoms with Gasteiger partial charge in [-0.1, -0.05) is 26.0 Å². The van der Waals surface area contributed by atoms with E-state index in [1.807, 2.05) is 6.92 Å². The van der Waals surface area contributed by atoms with Crippen molar-refractivity contribution in [3.8, 4) is 0 Å². The number of carbonyl (C=O) groups excluding carboxylic acids is 3. The van der Waals surface area contributed by atoms with E-state index in [-0.39, 0.29) is 35.4 Å². The van der Waals surface area contributed by atoms with Gasteiger partial charge in [-0.15, -0.1) is 0 Å². The predicted octanol–water partition coefficient (Wildman–Crippen LogP) is 3.13. The summed E-state index contributed by atoms with van der Waals surface area (Å²) in [6.45, 7) is 6.76.